The van der Waals surface area contributed by atoms with Gasteiger partial charge in [0.2, 0.25) is 5.89 Å². The van der Waals surface area contributed by atoms with E-state index < -0.39 is 6.04 Å². The van der Waals surface area contributed by atoms with Crippen molar-refractivity contribution in [3.8, 4) is 10.8 Å². The first kappa shape index (κ1) is 12.3. The first-order valence-corrected chi connectivity index (χ1v) is 6.83. The topological polar surface area (TPSA) is 64.9 Å². The average Bonchev–Trinajstić information content (AvgIpc) is 3.07. The molecule has 0 fully saturated rings. The molecule has 3 rings (SSSR count). The van der Waals surface area contributed by atoms with Crippen LogP contribution in [0.15, 0.2) is 46.9 Å². The van der Waals surface area contributed by atoms with E-state index in [1.54, 1.807) is 6.07 Å². The molecule has 3 aromatic rings. The Morgan fingerprint density at radius 1 is 1.11 bits per heavy atom. The fourth-order valence-corrected chi connectivity index (χ4v) is 2.66. The van der Waals surface area contributed by atoms with Crippen molar-refractivity contribution in [1.29, 1.82) is 0 Å². The number of halogens is 1. The van der Waals surface area contributed by atoms with E-state index in [0.717, 1.165) is 10.4 Å². The summed E-state index contributed by atoms with van der Waals surface area (Å²) >= 11 is 7.27. The Bertz CT molecular complexity index is 680. The van der Waals surface area contributed by atoms with Gasteiger partial charge in [0, 0.05) is 0 Å². The van der Waals surface area contributed by atoms with Crippen molar-refractivity contribution in [3.05, 3.63) is 58.3 Å². The number of hydrogen-bond donors (Lipinski definition) is 1. The standard InChI is InChI=1S/C13H10ClN3OS/c14-10-7-6-9(19-10)12-16-17-13(18-12)11(15)8-4-2-1-3-5-8/h1-7,11H,15H2. The Kier molecular flexibility index (Phi) is 3.33. The first-order chi connectivity index (χ1) is 9.24. The number of thiophene rings is 1. The molecular formula is C13H10ClN3OS. The van der Waals surface area contributed by atoms with Gasteiger partial charge in [0.25, 0.3) is 5.89 Å². The molecule has 2 aromatic heterocycles. The molecule has 0 spiro atoms. The molecule has 6 heteroatoms. The predicted molar refractivity (Wildman–Crippen MR) is 75.1 cm³/mol. The smallest absolute Gasteiger partial charge is 0.257 e. The van der Waals surface area contributed by atoms with Crippen molar-refractivity contribution in [3.63, 3.8) is 0 Å². The lowest BCUT2D eigenvalue weighted by Gasteiger charge is -2.05. The molecule has 0 aliphatic heterocycles. The number of nitrogens with two attached hydrogens (primary N) is 1. The fraction of sp³-hybridized carbons (Fsp3) is 0.0769. The molecule has 1 unspecified atom stereocenters. The zero-order chi connectivity index (χ0) is 13.2. The van der Waals surface area contributed by atoms with Crippen LogP contribution >= 0.6 is 22.9 Å². The first-order valence-electron chi connectivity index (χ1n) is 5.63. The van der Waals surface area contributed by atoms with E-state index in [-0.39, 0.29) is 0 Å². The van der Waals surface area contributed by atoms with Gasteiger partial charge in [-0.05, 0) is 17.7 Å². The maximum absolute atomic E-state index is 6.09. The van der Waals surface area contributed by atoms with Crippen molar-refractivity contribution in [1.82, 2.24) is 10.2 Å². The van der Waals surface area contributed by atoms with Gasteiger partial charge in [-0.2, -0.15) is 0 Å². The maximum atomic E-state index is 6.09. The quantitative estimate of drug-likeness (QED) is 0.802. The van der Waals surface area contributed by atoms with Crippen molar-refractivity contribution >= 4 is 22.9 Å². The van der Waals surface area contributed by atoms with Gasteiger partial charge in [-0.25, -0.2) is 0 Å². The summed E-state index contributed by atoms with van der Waals surface area (Å²) in [6.07, 6.45) is 0. The fourth-order valence-electron chi connectivity index (χ4n) is 1.69. The Morgan fingerprint density at radius 2 is 1.89 bits per heavy atom. The third kappa shape index (κ3) is 2.53. The summed E-state index contributed by atoms with van der Waals surface area (Å²) in [6, 6.07) is 12.9. The second-order valence-corrected chi connectivity index (χ2v) is 5.65. The van der Waals surface area contributed by atoms with Gasteiger partial charge >= 0.3 is 0 Å². The normalized spacial score (nSPS) is 12.5. The lowest BCUT2D eigenvalue weighted by Crippen LogP contribution is -2.11. The third-order valence-corrected chi connectivity index (χ3v) is 3.87. The molecule has 0 saturated heterocycles. The van der Waals surface area contributed by atoms with E-state index in [4.69, 9.17) is 21.8 Å². The number of benzene rings is 1. The van der Waals surface area contributed by atoms with Crippen LogP contribution in [0.2, 0.25) is 4.34 Å². The second kappa shape index (κ2) is 5.13. The maximum Gasteiger partial charge on any atom is 0.257 e. The molecule has 96 valence electrons. The van der Waals surface area contributed by atoms with Crippen LogP contribution in [-0.4, -0.2) is 10.2 Å². The summed E-state index contributed by atoms with van der Waals surface area (Å²) in [7, 11) is 0. The molecule has 0 radical (unpaired) electrons. The lowest BCUT2D eigenvalue weighted by atomic mass is 10.1. The van der Waals surface area contributed by atoms with Crippen molar-refractivity contribution < 1.29 is 4.42 Å². The highest BCUT2D eigenvalue weighted by atomic mass is 35.5. The summed E-state index contributed by atoms with van der Waals surface area (Å²) in [4.78, 5) is 0.837. The van der Waals surface area contributed by atoms with Gasteiger partial charge in [0.05, 0.1) is 9.21 Å². The van der Waals surface area contributed by atoms with Crippen LogP contribution in [0.25, 0.3) is 10.8 Å². The predicted octanol–water partition coefficient (Wildman–Crippen LogP) is 3.50. The molecule has 0 bridgehead atoms. The largest absolute Gasteiger partial charge is 0.418 e. The minimum Gasteiger partial charge on any atom is -0.418 e. The van der Waals surface area contributed by atoms with Crippen LogP contribution in [0.3, 0.4) is 0 Å². The van der Waals surface area contributed by atoms with Gasteiger partial charge < -0.3 is 10.2 Å². The van der Waals surface area contributed by atoms with E-state index in [1.807, 2.05) is 36.4 Å². The molecular weight excluding hydrogens is 282 g/mol. The van der Waals surface area contributed by atoms with Crippen LogP contribution in [0.4, 0.5) is 0 Å². The number of aromatic nitrogens is 2. The molecule has 1 aromatic carbocycles. The van der Waals surface area contributed by atoms with E-state index in [1.165, 1.54) is 11.3 Å². The Morgan fingerprint density at radius 3 is 2.58 bits per heavy atom. The van der Waals surface area contributed by atoms with Crippen LogP contribution in [0, 0.1) is 0 Å². The lowest BCUT2D eigenvalue weighted by molar-refractivity contribution is 0.485. The molecule has 4 nitrogen and oxygen atoms in total. The van der Waals surface area contributed by atoms with Crippen molar-refractivity contribution in [2.24, 2.45) is 5.73 Å². The zero-order valence-electron chi connectivity index (χ0n) is 9.79. The minimum atomic E-state index is -0.419. The van der Waals surface area contributed by atoms with Gasteiger partial charge in [0.15, 0.2) is 0 Å². The Balaban J connectivity index is 1.89. The molecule has 0 amide bonds. The van der Waals surface area contributed by atoms with E-state index >= 15 is 0 Å². The summed E-state index contributed by atoms with van der Waals surface area (Å²) in [5, 5.41) is 8.00. The Labute approximate surface area is 118 Å². The zero-order valence-corrected chi connectivity index (χ0v) is 11.4. The highest BCUT2D eigenvalue weighted by molar-refractivity contribution is 7.19. The molecule has 2 heterocycles. The third-order valence-electron chi connectivity index (χ3n) is 2.65. The molecule has 0 aliphatic carbocycles. The van der Waals surface area contributed by atoms with Gasteiger partial charge in [-0.1, -0.05) is 41.9 Å². The summed E-state index contributed by atoms with van der Waals surface area (Å²) in [5.74, 6) is 0.837. The number of hydrogen-bond acceptors (Lipinski definition) is 5. The second-order valence-electron chi connectivity index (χ2n) is 3.94. The number of nitrogens with zero attached hydrogens (tertiary/aromatic N) is 2. The van der Waals surface area contributed by atoms with Gasteiger partial charge in [-0.3, -0.25) is 0 Å². The molecule has 2 N–H and O–H groups in total. The highest BCUT2D eigenvalue weighted by Gasteiger charge is 2.17. The van der Waals surface area contributed by atoms with Crippen LogP contribution in [-0.2, 0) is 0 Å². The van der Waals surface area contributed by atoms with Crippen LogP contribution in [0.5, 0.6) is 0 Å². The summed E-state index contributed by atoms with van der Waals surface area (Å²) in [5.41, 5.74) is 7.03. The van der Waals surface area contributed by atoms with E-state index in [9.17, 15) is 0 Å². The van der Waals surface area contributed by atoms with Gasteiger partial charge in [0.1, 0.15) is 6.04 Å². The van der Waals surface area contributed by atoms with Gasteiger partial charge in [-0.15, -0.1) is 21.5 Å². The summed E-state index contributed by atoms with van der Waals surface area (Å²) in [6.45, 7) is 0. The van der Waals surface area contributed by atoms with Crippen molar-refractivity contribution in [2.75, 3.05) is 0 Å². The SMILES string of the molecule is NC(c1ccccc1)c1nnc(-c2ccc(Cl)s2)o1. The van der Waals surface area contributed by atoms with E-state index in [2.05, 4.69) is 10.2 Å². The van der Waals surface area contributed by atoms with Crippen LogP contribution in [0.1, 0.15) is 17.5 Å². The molecule has 0 saturated carbocycles. The molecule has 0 aliphatic rings. The summed E-state index contributed by atoms with van der Waals surface area (Å²) < 4.78 is 6.29. The minimum absolute atomic E-state index is 0.394. The highest BCUT2D eigenvalue weighted by Crippen LogP contribution is 2.31. The van der Waals surface area contributed by atoms with E-state index in [0.29, 0.717) is 16.1 Å². The molecule has 19 heavy (non-hydrogen) atoms. The number of rotatable bonds is 3. The average molecular weight is 292 g/mol. The Hall–Kier alpha value is -1.69. The molecule has 1 atom stereocenters. The monoisotopic (exact) mass is 291 g/mol. The van der Waals surface area contributed by atoms with Crippen LogP contribution < -0.4 is 5.73 Å². The van der Waals surface area contributed by atoms with Crippen molar-refractivity contribution in [2.45, 2.75) is 6.04 Å².